The number of hydrogen-bond donors (Lipinski definition) is 3. The molecule has 1 atom stereocenters. The molecule has 4 nitrogen and oxygen atoms in total. The number of hydrogen-bond acceptors (Lipinski definition) is 4. The quantitative estimate of drug-likeness (QED) is 0.402. The predicted molar refractivity (Wildman–Crippen MR) is 117 cm³/mol. The first-order valence-electron chi connectivity index (χ1n) is 10.1. The van der Waals surface area contributed by atoms with Crippen molar-refractivity contribution in [2.75, 3.05) is 19.3 Å². The zero-order valence-electron chi connectivity index (χ0n) is 17.0. The van der Waals surface area contributed by atoms with Crippen LogP contribution >= 0.6 is 11.8 Å². The van der Waals surface area contributed by atoms with Crippen LogP contribution in [0.5, 0.6) is 0 Å². The molecule has 1 aromatic carbocycles. The molecule has 1 fully saturated rings. The highest BCUT2D eigenvalue weighted by Crippen LogP contribution is 2.35. The van der Waals surface area contributed by atoms with E-state index in [2.05, 4.69) is 43.2 Å². The summed E-state index contributed by atoms with van der Waals surface area (Å²) in [6.45, 7) is 9.33. The summed E-state index contributed by atoms with van der Waals surface area (Å²) in [6.07, 6.45) is 6.15. The third-order valence-corrected chi connectivity index (χ3v) is 6.40. The fourth-order valence-electron chi connectivity index (χ4n) is 3.65. The minimum Gasteiger partial charge on any atom is -0.398 e. The number of nitrogens with one attached hydrogen (secondary N) is 2. The van der Waals surface area contributed by atoms with Crippen LogP contribution in [0.2, 0.25) is 0 Å². The molecule has 0 saturated heterocycles. The minimum absolute atomic E-state index is 0.118. The maximum absolute atomic E-state index is 12.4. The molecule has 1 amide bonds. The summed E-state index contributed by atoms with van der Waals surface area (Å²) in [7, 11) is 1.95. The van der Waals surface area contributed by atoms with Crippen LogP contribution in [0.3, 0.4) is 0 Å². The number of anilines is 1. The van der Waals surface area contributed by atoms with Gasteiger partial charge in [0.2, 0.25) is 5.91 Å². The number of rotatable bonds is 10. The van der Waals surface area contributed by atoms with E-state index in [1.54, 1.807) is 11.8 Å². The maximum atomic E-state index is 12.4. The van der Waals surface area contributed by atoms with Crippen molar-refractivity contribution in [2.45, 2.75) is 69.2 Å². The summed E-state index contributed by atoms with van der Waals surface area (Å²) in [5, 5.41) is 6.46. The van der Waals surface area contributed by atoms with Crippen molar-refractivity contribution in [3.63, 3.8) is 0 Å². The first-order valence-corrected chi connectivity index (χ1v) is 10.9. The van der Waals surface area contributed by atoms with Gasteiger partial charge < -0.3 is 16.4 Å². The molecule has 4 N–H and O–H groups in total. The summed E-state index contributed by atoms with van der Waals surface area (Å²) < 4.78 is 0. The molecular formula is C22H35N3OS. The Labute approximate surface area is 168 Å². The molecule has 1 unspecified atom stereocenters. The average molecular weight is 390 g/mol. The third-order valence-electron chi connectivity index (χ3n) is 5.33. The fraction of sp³-hybridized carbons (Fsp3) is 0.591. The van der Waals surface area contributed by atoms with Crippen LogP contribution in [0.1, 0.15) is 63.9 Å². The van der Waals surface area contributed by atoms with E-state index in [1.165, 1.54) is 31.2 Å². The molecule has 1 saturated carbocycles. The molecule has 2 rings (SSSR count). The van der Waals surface area contributed by atoms with Gasteiger partial charge in [-0.05, 0) is 60.7 Å². The van der Waals surface area contributed by atoms with E-state index in [0.29, 0.717) is 24.7 Å². The lowest BCUT2D eigenvalue weighted by molar-refractivity contribution is -0.122. The smallest absolute Gasteiger partial charge is 0.220 e. The molecule has 0 aromatic heterocycles. The molecule has 0 heterocycles. The van der Waals surface area contributed by atoms with Crippen molar-refractivity contribution in [1.29, 1.82) is 0 Å². The number of carbonyl (C=O) groups excluding carboxylic acids is 1. The van der Waals surface area contributed by atoms with E-state index in [9.17, 15) is 4.79 Å². The third kappa shape index (κ3) is 6.89. The van der Waals surface area contributed by atoms with Crippen LogP contribution in [-0.2, 0) is 4.79 Å². The van der Waals surface area contributed by atoms with Gasteiger partial charge in [0.05, 0.1) is 0 Å². The van der Waals surface area contributed by atoms with E-state index < -0.39 is 0 Å². The Morgan fingerprint density at radius 2 is 2.00 bits per heavy atom. The number of allylic oxidation sites excluding steroid dienone is 1. The topological polar surface area (TPSA) is 67.2 Å². The first-order chi connectivity index (χ1) is 12.9. The van der Waals surface area contributed by atoms with Gasteiger partial charge in [0.25, 0.3) is 0 Å². The van der Waals surface area contributed by atoms with E-state index in [-0.39, 0.29) is 11.9 Å². The molecule has 1 aromatic rings. The lowest BCUT2D eigenvalue weighted by Gasteiger charge is -2.24. The average Bonchev–Trinajstić information content (AvgIpc) is 3.16. The van der Waals surface area contributed by atoms with Gasteiger partial charge in [-0.25, -0.2) is 0 Å². The molecule has 0 radical (unpaired) electrons. The van der Waals surface area contributed by atoms with E-state index >= 15 is 0 Å². The largest absolute Gasteiger partial charge is 0.398 e. The van der Waals surface area contributed by atoms with Crippen molar-refractivity contribution in [1.82, 2.24) is 10.6 Å². The molecule has 1 aliphatic rings. The van der Waals surface area contributed by atoms with Crippen molar-refractivity contribution in [2.24, 2.45) is 5.92 Å². The lowest BCUT2D eigenvalue weighted by atomic mass is 9.98. The number of likely N-dealkylation sites (N-methyl/N-ethyl adjacent to an activating group) is 1. The summed E-state index contributed by atoms with van der Waals surface area (Å²) in [5.74, 6) is 1.19. The molecule has 150 valence electrons. The second-order valence-electron chi connectivity index (χ2n) is 7.87. The number of benzene rings is 1. The molecule has 0 bridgehead atoms. The Hall–Kier alpha value is -1.46. The second kappa shape index (κ2) is 10.8. The number of carbonyl (C=O) groups is 1. The monoisotopic (exact) mass is 389 g/mol. The SMILES string of the molecule is C=C(CCC(=O)NC(CNC)C1CCCC1)Sc1cc(C(C)C)ccc1N. The van der Waals surface area contributed by atoms with Crippen LogP contribution in [0.15, 0.2) is 34.6 Å². The van der Waals surface area contributed by atoms with Gasteiger partial charge in [0.1, 0.15) is 0 Å². The molecule has 0 aliphatic heterocycles. The van der Waals surface area contributed by atoms with Crippen molar-refractivity contribution in [3.05, 3.63) is 35.2 Å². The maximum Gasteiger partial charge on any atom is 0.220 e. The van der Waals surface area contributed by atoms with Gasteiger partial charge in [-0.1, -0.05) is 51.1 Å². The Morgan fingerprint density at radius 3 is 2.63 bits per heavy atom. The normalized spacial score (nSPS) is 15.9. The van der Waals surface area contributed by atoms with Crippen molar-refractivity contribution in [3.8, 4) is 0 Å². The van der Waals surface area contributed by atoms with Crippen LogP contribution in [0, 0.1) is 5.92 Å². The van der Waals surface area contributed by atoms with Gasteiger partial charge >= 0.3 is 0 Å². The Balaban J connectivity index is 1.83. The van der Waals surface area contributed by atoms with Gasteiger partial charge in [0, 0.05) is 29.6 Å². The van der Waals surface area contributed by atoms with Gasteiger partial charge in [0.15, 0.2) is 0 Å². The standard InChI is InChI=1S/C22H35N3OS/c1-15(2)18-10-11-19(23)21(13-18)27-16(3)9-12-22(26)25-20(14-24-4)17-7-5-6-8-17/h10-11,13,15,17,20,24H,3,5-9,12,14,23H2,1-2,4H3,(H,25,26). The highest BCUT2D eigenvalue weighted by Gasteiger charge is 2.25. The summed E-state index contributed by atoms with van der Waals surface area (Å²) in [5.41, 5.74) is 8.15. The number of nitrogen functional groups attached to an aromatic ring is 1. The first kappa shape index (κ1) is 21.8. The van der Waals surface area contributed by atoms with Gasteiger partial charge in [-0.3, -0.25) is 4.79 Å². The highest BCUT2D eigenvalue weighted by atomic mass is 32.2. The predicted octanol–water partition coefficient (Wildman–Crippen LogP) is 4.67. The molecular weight excluding hydrogens is 354 g/mol. The van der Waals surface area contributed by atoms with E-state index in [4.69, 9.17) is 5.73 Å². The zero-order chi connectivity index (χ0) is 19.8. The molecule has 1 aliphatic carbocycles. The van der Waals surface area contributed by atoms with Crippen LogP contribution in [0.4, 0.5) is 5.69 Å². The van der Waals surface area contributed by atoms with Gasteiger partial charge in [-0.15, -0.1) is 0 Å². The van der Waals surface area contributed by atoms with Crippen molar-refractivity contribution < 1.29 is 4.79 Å². The summed E-state index contributed by atoms with van der Waals surface area (Å²) in [4.78, 5) is 14.4. The highest BCUT2D eigenvalue weighted by molar-refractivity contribution is 8.03. The van der Waals surface area contributed by atoms with Crippen LogP contribution < -0.4 is 16.4 Å². The fourth-order valence-corrected chi connectivity index (χ4v) is 4.55. The van der Waals surface area contributed by atoms with Crippen LogP contribution in [0.25, 0.3) is 0 Å². The number of thioether (sulfide) groups is 1. The van der Waals surface area contributed by atoms with Crippen molar-refractivity contribution >= 4 is 23.4 Å². The van der Waals surface area contributed by atoms with Gasteiger partial charge in [-0.2, -0.15) is 0 Å². The summed E-state index contributed by atoms with van der Waals surface area (Å²) >= 11 is 1.59. The minimum atomic E-state index is 0.118. The lowest BCUT2D eigenvalue weighted by Crippen LogP contribution is -2.45. The summed E-state index contributed by atoms with van der Waals surface area (Å²) in [6, 6.07) is 6.41. The van der Waals surface area contributed by atoms with Crippen LogP contribution in [-0.4, -0.2) is 25.5 Å². The van der Waals surface area contributed by atoms with E-state index in [1.807, 2.05) is 13.1 Å². The number of nitrogens with two attached hydrogens (primary N) is 1. The number of amides is 1. The Kier molecular flexibility index (Phi) is 8.71. The molecule has 27 heavy (non-hydrogen) atoms. The Bertz CT molecular complexity index is 638. The molecule has 5 heteroatoms. The molecule has 0 spiro atoms. The second-order valence-corrected chi connectivity index (χ2v) is 9.09. The van der Waals surface area contributed by atoms with E-state index in [0.717, 1.165) is 22.0 Å². The Morgan fingerprint density at radius 1 is 1.30 bits per heavy atom. The zero-order valence-corrected chi connectivity index (χ0v) is 17.8.